The zero-order valence-corrected chi connectivity index (χ0v) is 13.0. The van der Waals surface area contributed by atoms with E-state index in [-0.39, 0.29) is 11.3 Å². The first-order chi connectivity index (χ1) is 11.6. The van der Waals surface area contributed by atoms with Gasteiger partial charge in [-0.1, -0.05) is 6.07 Å². The predicted molar refractivity (Wildman–Crippen MR) is 89.2 cm³/mol. The van der Waals surface area contributed by atoms with Crippen molar-refractivity contribution in [3.05, 3.63) is 71.3 Å². The first-order valence-corrected chi connectivity index (χ1v) is 7.74. The molecule has 0 radical (unpaired) electrons. The third-order valence-corrected chi connectivity index (χ3v) is 3.93. The summed E-state index contributed by atoms with van der Waals surface area (Å²) in [6, 6.07) is 10.8. The Morgan fingerprint density at radius 1 is 1.00 bits per heavy atom. The highest BCUT2D eigenvalue weighted by Crippen LogP contribution is 2.18. The first kappa shape index (κ1) is 16.3. The maximum atomic E-state index is 13.5. The van der Waals surface area contributed by atoms with Gasteiger partial charge >= 0.3 is 0 Å². The number of morpholine rings is 1. The lowest BCUT2D eigenvalue weighted by atomic mass is 10.1. The smallest absolute Gasteiger partial charge is 0.185 e. The van der Waals surface area contributed by atoms with E-state index in [1.54, 1.807) is 12.1 Å². The van der Waals surface area contributed by atoms with Gasteiger partial charge < -0.3 is 9.64 Å². The molecule has 1 aliphatic rings. The van der Waals surface area contributed by atoms with Crippen LogP contribution in [0.3, 0.4) is 0 Å². The van der Waals surface area contributed by atoms with E-state index in [0.717, 1.165) is 30.9 Å². The summed E-state index contributed by atoms with van der Waals surface area (Å²) in [7, 11) is 0. The van der Waals surface area contributed by atoms with E-state index in [2.05, 4.69) is 4.90 Å². The monoisotopic (exact) mass is 329 g/mol. The molecule has 1 saturated heterocycles. The average Bonchev–Trinajstić information content (AvgIpc) is 2.62. The molecular formula is C19H17F2NO2. The lowest BCUT2D eigenvalue weighted by molar-refractivity contribution is 0.104. The number of carbonyl (C=O) groups excluding carboxylic acids is 1. The largest absolute Gasteiger partial charge is 0.378 e. The van der Waals surface area contributed by atoms with Crippen molar-refractivity contribution < 1.29 is 18.3 Å². The molecule has 0 unspecified atom stereocenters. The predicted octanol–water partition coefficient (Wildman–Crippen LogP) is 3.70. The molecule has 24 heavy (non-hydrogen) atoms. The standard InChI is InChI=1S/C19H17F2NO2/c20-17-2-1-3-18(21)16(17)8-9-19(23)14-4-6-15(7-5-14)22-10-12-24-13-11-22/h1-9H,10-13H2. The van der Waals surface area contributed by atoms with Gasteiger partial charge in [0, 0.05) is 29.9 Å². The molecule has 3 nitrogen and oxygen atoms in total. The van der Waals surface area contributed by atoms with E-state index < -0.39 is 11.6 Å². The summed E-state index contributed by atoms with van der Waals surface area (Å²) in [4.78, 5) is 14.3. The zero-order valence-electron chi connectivity index (χ0n) is 13.0. The van der Waals surface area contributed by atoms with Crippen LogP contribution in [-0.4, -0.2) is 32.1 Å². The summed E-state index contributed by atoms with van der Waals surface area (Å²) in [6.07, 6.45) is 2.36. The summed E-state index contributed by atoms with van der Waals surface area (Å²) < 4.78 is 32.4. The summed E-state index contributed by atoms with van der Waals surface area (Å²) in [5, 5.41) is 0. The van der Waals surface area contributed by atoms with Crippen molar-refractivity contribution in [3.63, 3.8) is 0 Å². The number of nitrogens with zero attached hydrogens (tertiary/aromatic N) is 1. The molecule has 1 heterocycles. The molecule has 2 aromatic rings. The fraction of sp³-hybridized carbons (Fsp3) is 0.211. The fourth-order valence-electron chi connectivity index (χ4n) is 2.58. The van der Waals surface area contributed by atoms with E-state index in [9.17, 15) is 13.6 Å². The van der Waals surface area contributed by atoms with Gasteiger partial charge in [0.15, 0.2) is 5.78 Å². The molecule has 124 valence electrons. The van der Waals surface area contributed by atoms with Crippen LogP contribution in [0.4, 0.5) is 14.5 Å². The molecule has 0 aliphatic carbocycles. The van der Waals surface area contributed by atoms with Gasteiger partial charge in [0.1, 0.15) is 11.6 Å². The van der Waals surface area contributed by atoms with Crippen molar-refractivity contribution in [2.45, 2.75) is 0 Å². The minimum Gasteiger partial charge on any atom is -0.378 e. The van der Waals surface area contributed by atoms with Crippen molar-refractivity contribution in [2.24, 2.45) is 0 Å². The number of rotatable bonds is 4. The van der Waals surface area contributed by atoms with Crippen molar-refractivity contribution >= 4 is 17.5 Å². The van der Waals surface area contributed by atoms with Crippen LogP contribution in [0.5, 0.6) is 0 Å². The van der Waals surface area contributed by atoms with Gasteiger partial charge in [0.05, 0.1) is 13.2 Å². The van der Waals surface area contributed by atoms with Gasteiger partial charge in [-0.2, -0.15) is 0 Å². The summed E-state index contributed by atoms with van der Waals surface area (Å²) >= 11 is 0. The van der Waals surface area contributed by atoms with Gasteiger partial charge in [-0.25, -0.2) is 8.78 Å². The van der Waals surface area contributed by atoms with Crippen molar-refractivity contribution in [3.8, 4) is 0 Å². The van der Waals surface area contributed by atoms with Crippen molar-refractivity contribution in [1.82, 2.24) is 0 Å². The maximum Gasteiger partial charge on any atom is 0.185 e. The molecule has 0 saturated carbocycles. The second-order valence-corrected chi connectivity index (χ2v) is 5.48. The van der Waals surface area contributed by atoms with Crippen molar-refractivity contribution in [1.29, 1.82) is 0 Å². The minimum atomic E-state index is -0.693. The van der Waals surface area contributed by atoms with Crippen LogP contribution in [-0.2, 0) is 4.74 Å². The van der Waals surface area contributed by atoms with Gasteiger partial charge in [-0.05, 0) is 48.6 Å². The summed E-state index contributed by atoms with van der Waals surface area (Å²) in [5.74, 6) is -1.69. The topological polar surface area (TPSA) is 29.5 Å². The third kappa shape index (κ3) is 3.68. The molecule has 0 atom stereocenters. The van der Waals surface area contributed by atoms with E-state index >= 15 is 0 Å². The highest BCUT2D eigenvalue weighted by Gasteiger charge is 2.12. The van der Waals surface area contributed by atoms with Crippen LogP contribution in [0.2, 0.25) is 0 Å². The summed E-state index contributed by atoms with van der Waals surface area (Å²) in [5.41, 5.74) is 1.29. The van der Waals surface area contributed by atoms with Crippen LogP contribution in [0.1, 0.15) is 15.9 Å². The molecule has 5 heteroatoms. The molecule has 2 aromatic carbocycles. The Morgan fingerprint density at radius 2 is 1.62 bits per heavy atom. The number of halogens is 2. The van der Waals surface area contributed by atoms with Crippen LogP contribution >= 0.6 is 0 Å². The summed E-state index contributed by atoms with van der Waals surface area (Å²) in [6.45, 7) is 3.02. The SMILES string of the molecule is O=C(C=Cc1c(F)cccc1F)c1ccc(N2CCOCC2)cc1. The normalized spacial score (nSPS) is 15.0. The maximum absolute atomic E-state index is 13.5. The number of hydrogen-bond acceptors (Lipinski definition) is 3. The highest BCUT2D eigenvalue weighted by atomic mass is 19.1. The molecule has 0 aromatic heterocycles. The van der Waals surface area contributed by atoms with E-state index in [0.29, 0.717) is 18.8 Å². The van der Waals surface area contributed by atoms with Crippen LogP contribution in [0, 0.1) is 11.6 Å². The Morgan fingerprint density at radius 3 is 2.25 bits per heavy atom. The number of hydrogen-bond donors (Lipinski definition) is 0. The molecule has 3 rings (SSSR count). The Labute approximate surface area is 139 Å². The van der Waals surface area contributed by atoms with Crippen LogP contribution in [0.15, 0.2) is 48.5 Å². The zero-order chi connectivity index (χ0) is 16.9. The van der Waals surface area contributed by atoms with Crippen LogP contribution < -0.4 is 4.90 Å². The molecule has 1 fully saturated rings. The second kappa shape index (κ2) is 7.36. The Balaban J connectivity index is 1.72. The van der Waals surface area contributed by atoms with E-state index in [1.807, 2.05) is 12.1 Å². The lowest BCUT2D eigenvalue weighted by Gasteiger charge is -2.28. The molecular weight excluding hydrogens is 312 g/mol. The number of ether oxygens (including phenoxy) is 1. The second-order valence-electron chi connectivity index (χ2n) is 5.48. The number of ketones is 1. The number of anilines is 1. The average molecular weight is 329 g/mol. The number of allylic oxidation sites excluding steroid dienone is 1. The quantitative estimate of drug-likeness (QED) is 0.633. The first-order valence-electron chi connectivity index (χ1n) is 7.74. The third-order valence-electron chi connectivity index (χ3n) is 3.93. The Bertz CT molecular complexity index is 730. The van der Waals surface area contributed by atoms with Gasteiger partial charge in [0.25, 0.3) is 0 Å². The number of benzene rings is 2. The molecule has 0 amide bonds. The molecule has 0 spiro atoms. The molecule has 1 aliphatic heterocycles. The Hall–Kier alpha value is -2.53. The van der Waals surface area contributed by atoms with Crippen LogP contribution in [0.25, 0.3) is 6.08 Å². The van der Waals surface area contributed by atoms with Gasteiger partial charge in [-0.3, -0.25) is 4.79 Å². The fourth-order valence-corrected chi connectivity index (χ4v) is 2.58. The van der Waals surface area contributed by atoms with Gasteiger partial charge in [0.2, 0.25) is 0 Å². The van der Waals surface area contributed by atoms with E-state index in [1.165, 1.54) is 18.2 Å². The molecule has 0 N–H and O–H groups in total. The Kier molecular flexibility index (Phi) is 5.01. The molecule has 0 bridgehead atoms. The van der Waals surface area contributed by atoms with E-state index in [4.69, 9.17) is 4.74 Å². The lowest BCUT2D eigenvalue weighted by Crippen LogP contribution is -2.36. The highest BCUT2D eigenvalue weighted by molar-refractivity contribution is 6.07. The van der Waals surface area contributed by atoms with Gasteiger partial charge in [-0.15, -0.1) is 0 Å². The van der Waals surface area contributed by atoms with Crippen molar-refractivity contribution in [2.75, 3.05) is 31.2 Å². The number of carbonyl (C=O) groups is 1. The minimum absolute atomic E-state index is 0.212.